The van der Waals surface area contributed by atoms with Crippen LogP contribution in [0.4, 0.5) is 5.69 Å². The molecule has 0 saturated carbocycles. The fraction of sp³-hybridized carbons (Fsp3) is 0. The van der Waals surface area contributed by atoms with E-state index in [1.165, 1.54) is 12.1 Å². The van der Waals surface area contributed by atoms with E-state index in [4.69, 9.17) is 47.0 Å². The second-order valence-corrected chi connectivity index (χ2v) is 6.71. The molecule has 1 aliphatic heterocycles. The summed E-state index contributed by atoms with van der Waals surface area (Å²) in [7, 11) is 0. The Kier molecular flexibility index (Phi) is 5.11. The number of hydrogen-bond acceptors (Lipinski definition) is 3. The second kappa shape index (κ2) is 7.14. The molecule has 1 aliphatic rings. The third-order valence-corrected chi connectivity index (χ3v) is 4.62. The van der Waals surface area contributed by atoms with Gasteiger partial charge in [-0.2, -0.15) is 0 Å². The highest BCUT2D eigenvalue weighted by Crippen LogP contribution is 2.31. The molecule has 2 aromatic carbocycles. The summed E-state index contributed by atoms with van der Waals surface area (Å²) in [4.78, 5) is 26.3. The Hall–Kier alpha value is -1.92. The lowest BCUT2D eigenvalue weighted by molar-refractivity contribution is -0.122. The maximum atomic E-state index is 12.9. The molecular weight excluding hydrogens is 403 g/mol. The van der Waals surface area contributed by atoms with Gasteiger partial charge in [-0.1, -0.05) is 53.0 Å². The molecule has 2 aromatic rings. The van der Waals surface area contributed by atoms with Gasteiger partial charge in [0.25, 0.3) is 11.8 Å². The Morgan fingerprint density at radius 1 is 1.00 bits per heavy atom. The minimum atomic E-state index is -0.601. The number of halogens is 3. The van der Waals surface area contributed by atoms with E-state index < -0.39 is 11.8 Å². The zero-order valence-electron chi connectivity index (χ0n) is 12.4. The molecule has 1 saturated heterocycles. The largest absolute Gasteiger partial charge is 0.298 e. The van der Waals surface area contributed by atoms with Crippen LogP contribution in [0.5, 0.6) is 0 Å². The number of anilines is 1. The first-order valence-electron chi connectivity index (χ1n) is 6.99. The van der Waals surface area contributed by atoms with Crippen LogP contribution in [0, 0.1) is 0 Å². The molecule has 0 aliphatic carbocycles. The maximum Gasteiger partial charge on any atom is 0.270 e. The Labute approximate surface area is 164 Å². The Morgan fingerprint density at radius 3 is 2.40 bits per heavy atom. The minimum Gasteiger partial charge on any atom is -0.298 e. The molecule has 0 aromatic heterocycles. The second-order valence-electron chi connectivity index (χ2n) is 5.08. The van der Waals surface area contributed by atoms with Crippen molar-refractivity contribution in [2.45, 2.75) is 0 Å². The number of rotatable bonds is 2. The molecule has 1 N–H and O–H groups in total. The van der Waals surface area contributed by atoms with Crippen LogP contribution >= 0.6 is 47.0 Å². The summed E-state index contributed by atoms with van der Waals surface area (Å²) in [6, 6.07) is 11.5. The molecule has 2 amide bonds. The third kappa shape index (κ3) is 3.55. The summed E-state index contributed by atoms with van der Waals surface area (Å²) in [5, 5.41) is 3.49. The van der Waals surface area contributed by atoms with Gasteiger partial charge in [-0.25, -0.2) is 0 Å². The zero-order chi connectivity index (χ0) is 18.1. The molecule has 0 unspecified atom stereocenters. The molecule has 1 heterocycles. The van der Waals surface area contributed by atoms with Gasteiger partial charge in [-0.05, 0) is 48.1 Å². The van der Waals surface area contributed by atoms with Crippen molar-refractivity contribution in [3.8, 4) is 0 Å². The predicted molar refractivity (Wildman–Crippen MR) is 104 cm³/mol. The SMILES string of the molecule is O=C1NC(=S)N(c2ccc(Cl)cc2Cl)C(=O)/C1=C/c1ccccc1Cl. The number of nitrogens with zero attached hydrogens (tertiary/aromatic N) is 1. The van der Waals surface area contributed by atoms with Crippen LogP contribution < -0.4 is 10.2 Å². The van der Waals surface area contributed by atoms with Crippen LogP contribution in [-0.4, -0.2) is 16.9 Å². The van der Waals surface area contributed by atoms with Gasteiger partial charge in [0, 0.05) is 10.0 Å². The van der Waals surface area contributed by atoms with Crippen molar-refractivity contribution in [3.05, 3.63) is 68.7 Å². The molecular formula is C17H9Cl3N2O2S. The minimum absolute atomic E-state index is 0.0597. The van der Waals surface area contributed by atoms with Gasteiger partial charge in [-0.15, -0.1) is 0 Å². The molecule has 1 fully saturated rings. The first-order valence-corrected chi connectivity index (χ1v) is 8.54. The van der Waals surface area contributed by atoms with Gasteiger partial charge < -0.3 is 0 Å². The highest BCUT2D eigenvalue weighted by atomic mass is 35.5. The number of carbonyl (C=O) groups is 2. The van der Waals surface area contributed by atoms with Gasteiger partial charge in [0.05, 0.1) is 10.7 Å². The summed E-state index contributed by atoms with van der Waals surface area (Å²) >= 11 is 23.3. The summed E-state index contributed by atoms with van der Waals surface area (Å²) in [6.45, 7) is 0. The van der Waals surface area contributed by atoms with Crippen LogP contribution in [0.15, 0.2) is 48.0 Å². The Morgan fingerprint density at radius 2 is 1.72 bits per heavy atom. The van der Waals surface area contributed by atoms with E-state index in [1.807, 2.05) is 0 Å². The average Bonchev–Trinajstić information content (AvgIpc) is 2.55. The van der Waals surface area contributed by atoms with Gasteiger partial charge in [0.1, 0.15) is 5.57 Å². The van der Waals surface area contributed by atoms with Crippen molar-refractivity contribution in [1.29, 1.82) is 0 Å². The van der Waals surface area contributed by atoms with Crippen LogP contribution in [0.25, 0.3) is 6.08 Å². The van der Waals surface area contributed by atoms with Gasteiger partial charge in [0.2, 0.25) is 0 Å². The van der Waals surface area contributed by atoms with E-state index in [2.05, 4.69) is 5.32 Å². The summed E-state index contributed by atoms with van der Waals surface area (Å²) in [5.41, 5.74) is 0.761. The first-order chi connectivity index (χ1) is 11.9. The topological polar surface area (TPSA) is 49.4 Å². The highest BCUT2D eigenvalue weighted by molar-refractivity contribution is 7.80. The third-order valence-electron chi connectivity index (χ3n) is 3.46. The van der Waals surface area contributed by atoms with E-state index in [9.17, 15) is 9.59 Å². The fourth-order valence-corrected chi connectivity index (χ4v) is 3.24. The lowest BCUT2D eigenvalue weighted by atomic mass is 10.1. The Balaban J connectivity index is 2.07. The van der Waals surface area contributed by atoms with Crippen molar-refractivity contribution in [3.63, 3.8) is 0 Å². The van der Waals surface area contributed by atoms with Gasteiger partial charge >= 0.3 is 0 Å². The summed E-state index contributed by atoms with van der Waals surface area (Å²) < 4.78 is 0. The molecule has 3 rings (SSSR count). The predicted octanol–water partition coefficient (Wildman–Crippen LogP) is 4.48. The molecule has 126 valence electrons. The molecule has 8 heteroatoms. The van der Waals surface area contributed by atoms with E-state index in [1.54, 1.807) is 36.4 Å². The van der Waals surface area contributed by atoms with Crippen molar-refractivity contribution in [2.24, 2.45) is 0 Å². The van der Waals surface area contributed by atoms with E-state index >= 15 is 0 Å². The van der Waals surface area contributed by atoms with Crippen LogP contribution in [0.2, 0.25) is 15.1 Å². The number of hydrogen-bond donors (Lipinski definition) is 1. The zero-order valence-corrected chi connectivity index (χ0v) is 15.5. The van der Waals surface area contributed by atoms with E-state index in [0.717, 1.165) is 4.90 Å². The molecule has 0 radical (unpaired) electrons. The van der Waals surface area contributed by atoms with E-state index in [-0.39, 0.29) is 15.7 Å². The lowest BCUT2D eigenvalue weighted by Gasteiger charge is -2.29. The van der Waals surface area contributed by atoms with Gasteiger partial charge in [-0.3, -0.25) is 19.8 Å². The fourth-order valence-electron chi connectivity index (χ4n) is 2.29. The number of nitrogens with one attached hydrogen (secondary N) is 1. The number of amides is 2. The van der Waals surface area contributed by atoms with Crippen LogP contribution in [0.1, 0.15) is 5.56 Å². The standard InChI is InChI=1S/C17H9Cl3N2O2S/c18-10-5-6-14(13(20)8-10)22-16(24)11(15(23)21-17(22)25)7-9-3-1-2-4-12(9)19/h1-8H,(H,21,23,25)/b11-7+. The van der Waals surface area contributed by atoms with Crippen molar-refractivity contribution >= 4 is 75.7 Å². The highest BCUT2D eigenvalue weighted by Gasteiger charge is 2.35. The molecule has 0 atom stereocenters. The van der Waals surface area contributed by atoms with Gasteiger partial charge in [0.15, 0.2) is 5.11 Å². The smallest absolute Gasteiger partial charge is 0.270 e. The van der Waals surface area contributed by atoms with Crippen molar-refractivity contribution in [2.75, 3.05) is 4.90 Å². The average molecular weight is 412 g/mol. The van der Waals surface area contributed by atoms with Crippen molar-refractivity contribution < 1.29 is 9.59 Å². The number of carbonyl (C=O) groups excluding carboxylic acids is 2. The molecule has 0 bridgehead atoms. The summed E-state index contributed by atoms with van der Waals surface area (Å²) in [6.07, 6.45) is 1.42. The number of thiocarbonyl (C=S) groups is 1. The lowest BCUT2D eigenvalue weighted by Crippen LogP contribution is -2.54. The summed E-state index contributed by atoms with van der Waals surface area (Å²) in [5.74, 6) is -1.20. The molecule has 4 nitrogen and oxygen atoms in total. The van der Waals surface area contributed by atoms with Crippen LogP contribution in [0.3, 0.4) is 0 Å². The molecule has 0 spiro atoms. The quantitative estimate of drug-likeness (QED) is 0.450. The van der Waals surface area contributed by atoms with E-state index in [0.29, 0.717) is 21.3 Å². The first kappa shape index (κ1) is 17.9. The normalized spacial score (nSPS) is 16.4. The molecule has 25 heavy (non-hydrogen) atoms. The maximum absolute atomic E-state index is 12.9. The Bertz CT molecular complexity index is 943. The monoisotopic (exact) mass is 410 g/mol. The van der Waals surface area contributed by atoms with Crippen LogP contribution in [-0.2, 0) is 9.59 Å². The number of benzene rings is 2. The van der Waals surface area contributed by atoms with Crippen molar-refractivity contribution in [1.82, 2.24) is 5.32 Å².